The van der Waals surface area contributed by atoms with Crippen LogP contribution in [0.1, 0.15) is 18.9 Å². The van der Waals surface area contributed by atoms with Crippen molar-refractivity contribution in [1.29, 1.82) is 0 Å². The molecule has 1 aromatic heterocycles. The Bertz CT molecular complexity index is 963. The Morgan fingerprint density at radius 2 is 1.94 bits per heavy atom. The summed E-state index contributed by atoms with van der Waals surface area (Å²) in [5.74, 6) is -1.62. The predicted molar refractivity (Wildman–Crippen MR) is 109 cm³/mol. The SMILES string of the molecule is O=C1O[C@@H](CNC(=S)C(F)F)CN1c1cc(F)c(N2CCC(n3cnnn3)CC2)c(F)c1. The molecule has 2 aromatic rings. The van der Waals surface area contributed by atoms with Crippen LogP contribution in [0.4, 0.5) is 33.7 Å². The molecule has 14 heteroatoms. The number of nitrogens with one attached hydrogen (secondary N) is 1. The molecule has 0 spiro atoms. The maximum Gasteiger partial charge on any atom is 0.414 e. The molecule has 1 N–H and O–H groups in total. The van der Waals surface area contributed by atoms with E-state index in [1.165, 1.54) is 6.33 Å². The molecule has 4 rings (SSSR count). The second-order valence-electron chi connectivity index (χ2n) is 7.43. The van der Waals surface area contributed by atoms with E-state index in [1.54, 1.807) is 9.58 Å². The van der Waals surface area contributed by atoms with E-state index in [2.05, 4.69) is 33.1 Å². The van der Waals surface area contributed by atoms with Crippen molar-refractivity contribution < 1.29 is 27.1 Å². The van der Waals surface area contributed by atoms with Crippen LogP contribution < -0.4 is 15.1 Å². The highest BCUT2D eigenvalue weighted by atomic mass is 32.1. The van der Waals surface area contributed by atoms with Crippen molar-refractivity contribution in [2.24, 2.45) is 0 Å². The molecule has 9 nitrogen and oxygen atoms in total. The average Bonchev–Trinajstić information content (AvgIpc) is 3.42. The molecule has 2 aliphatic heterocycles. The van der Waals surface area contributed by atoms with Crippen LogP contribution in [0, 0.1) is 11.6 Å². The molecule has 3 heterocycles. The second kappa shape index (κ2) is 9.22. The zero-order chi connectivity index (χ0) is 22.8. The number of cyclic esters (lactones) is 1. The lowest BCUT2D eigenvalue weighted by Crippen LogP contribution is -2.37. The summed E-state index contributed by atoms with van der Waals surface area (Å²) in [5.41, 5.74) is -0.187. The highest BCUT2D eigenvalue weighted by Crippen LogP contribution is 2.33. The summed E-state index contributed by atoms with van der Waals surface area (Å²) in [6.45, 7) is 0.612. The number of piperidine rings is 1. The second-order valence-corrected chi connectivity index (χ2v) is 7.87. The first-order valence-corrected chi connectivity index (χ1v) is 10.2. The van der Waals surface area contributed by atoms with Crippen LogP contribution in [0.25, 0.3) is 0 Å². The van der Waals surface area contributed by atoms with Crippen molar-refractivity contribution in [3.63, 3.8) is 0 Å². The fourth-order valence-electron chi connectivity index (χ4n) is 3.83. The molecule has 32 heavy (non-hydrogen) atoms. The summed E-state index contributed by atoms with van der Waals surface area (Å²) in [6.07, 6.45) is -1.72. The van der Waals surface area contributed by atoms with Gasteiger partial charge in [-0.05, 0) is 23.3 Å². The fourth-order valence-corrected chi connectivity index (χ4v) is 3.91. The number of amides is 1. The van der Waals surface area contributed by atoms with Gasteiger partial charge in [0.15, 0.2) is 11.6 Å². The third-order valence-corrected chi connectivity index (χ3v) is 5.73. The van der Waals surface area contributed by atoms with Gasteiger partial charge in [0.25, 0.3) is 6.43 Å². The van der Waals surface area contributed by atoms with E-state index in [4.69, 9.17) is 4.74 Å². The smallest absolute Gasteiger partial charge is 0.414 e. The molecular formula is C18H19F4N7O2S. The number of hydrogen-bond donors (Lipinski definition) is 1. The molecule has 0 saturated carbocycles. The highest BCUT2D eigenvalue weighted by molar-refractivity contribution is 7.80. The minimum Gasteiger partial charge on any atom is -0.442 e. The van der Waals surface area contributed by atoms with E-state index >= 15 is 0 Å². The van der Waals surface area contributed by atoms with Gasteiger partial charge >= 0.3 is 6.09 Å². The van der Waals surface area contributed by atoms with Crippen molar-refractivity contribution in [3.05, 3.63) is 30.1 Å². The molecule has 2 aliphatic rings. The van der Waals surface area contributed by atoms with E-state index in [0.717, 1.165) is 17.0 Å². The molecule has 1 amide bonds. The number of halogens is 4. The Kier molecular flexibility index (Phi) is 6.39. The average molecular weight is 473 g/mol. The first kappa shape index (κ1) is 22.2. The molecule has 0 bridgehead atoms. The number of ether oxygens (including phenoxy) is 1. The summed E-state index contributed by atoms with van der Waals surface area (Å²) < 4.78 is 61.4. The minimum absolute atomic E-state index is 0.0174. The number of tetrazole rings is 1. The van der Waals surface area contributed by atoms with Crippen LogP contribution >= 0.6 is 12.2 Å². The van der Waals surface area contributed by atoms with E-state index < -0.39 is 35.2 Å². The predicted octanol–water partition coefficient (Wildman–Crippen LogP) is 2.30. The number of carbonyl (C=O) groups excluding carboxylic acids is 1. The van der Waals surface area contributed by atoms with Crippen molar-refractivity contribution in [3.8, 4) is 0 Å². The van der Waals surface area contributed by atoms with Crippen molar-refractivity contribution in [2.45, 2.75) is 31.4 Å². The number of aromatic nitrogens is 4. The normalized spacial score (nSPS) is 19.5. The topological polar surface area (TPSA) is 88.4 Å². The molecule has 2 fully saturated rings. The summed E-state index contributed by atoms with van der Waals surface area (Å²) in [4.78, 5) is 14.1. The number of hydrogen-bond acceptors (Lipinski definition) is 7. The first-order valence-electron chi connectivity index (χ1n) is 9.84. The first-order chi connectivity index (χ1) is 15.3. The Morgan fingerprint density at radius 1 is 1.25 bits per heavy atom. The van der Waals surface area contributed by atoms with Crippen LogP contribution in [0.5, 0.6) is 0 Å². The van der Waals surface area contributed by atoms with E-state index in [0.29, 0.717) is 25.9 Å². The minimum atomic E-state index is -2.83. The molecule has 0 unspecified atom stereocenters. The van der Waals surface area contributed by atoms with Gasteiger partial charge in [0, 0.05) is 25.2 Å². The monoisotopic (exact) mass is 473 g/mol. The summed E-state index contributed by atoms with van der Waals surface area (Å²) >= 11 is 4.48. The quantitative estimate of drug-likeness (QED) is 0.505. The zero-order valence-corrected chi connectivity index (χ0v) is 17.4. The molecule has 1 aromatic carbocycles. The van der Waals surface area contributed by atoms with E-state index in [1.807, 2.05) is 0 Å². The zero-order valence-electron chi connectivity index (χ0n) is 16.6. The van der Waals surface area contributed by atoms with Crippen LogP contribution in [-0.4, -0.2) is 70.0 Å². The Balaban J connectivity index is 1.42. The Labute approximate surface area is 185 Å². The summed E-state index contributed by atoms with van der Waals surface area (Å²) in [5, 5.41) is 13.4. The summed E-state index contributed by atoms with van der Waals surface area (Å²) in [6, 6.07) is 2.17. The van der Waals surface area contributed by atoms with Crippen LogP contribution in [0.15, 0.2) is 18.5 Å². The number of alkyl halides is 2. The molecular weight excluding hydrogens is 454 g/mol. The lowest BCUT2D eigenvalue weighted by atomic mass is 10.0. The maximum atomic E-state index is 14.9. The Hall–Kier alpha value is -3.03. The largest absolute Gasteiger partial charge is 0.442 e. The highest BCUT2D eigenvalue weighted by Gasteiger charge is 2.34. The van der Waals surface area contributed by atoms with Gasteiger partial charge < -0.3 is 15.0 Å². The number of rotatable bonds is 6. The third kappa shape index (κ3) is 4.59. The fraction of sp³-hybridized carbons (Fsp3) is 0.500. The van der Waals surface area contributed by atoms with Gasteiger partial charge in [-0.15, -0.1) is 5.10 Å². The van der Waals surface area contributed by atoms with Crippen LogP contribution in [0.3, 0.4) is 0 Å². The molecule has 172 valence electrons. The number of carbonyl (C=O) groups is 1. The number of thiocarbonyl (C=S) groups is 1. The van der Waals surface area contributed by atoms with Gasteiger partial charge in [-0.1, -0.05) is 12.2 Å². The van der Waals surface area contributed by atoms with Gasteiger partial charge in [0.1, 0.15) is 23.1 Å². The molecule has 0 radical (unpaired) electrons. The van der Waals surface area contributed by atoms with Crippen molar-refractivity contribution in [2.75, 3.05) is 36.0 Å². The molecule has 1 atom stereocenters. The lowest BCUT2D eigenvalue weighted by Gasteiger charge is -2.33. The van der Waals surface area contributed by atoms with Gasteiger partial charge in [0.05, 0.1) is 24.8 Å². The Morgan fingerprint density at radius 3 is 2.53 bits per heavy atom. The maximum absolute atomic E-state index is 14.9. The molecule has 0 aliphatic carbocycles. The number of nitrogens with zero attached hydrogens (tertiary/aromatic N) is 6. The van der Waals surface area contributed by atoms with Gasteiger partial charge in [-0.25, -0.2) is 27.0 Å². The van der Waals surface area contributed by atoms with Crippen LogP contribution in [0.2, 0.25) is 0 Å². The summed E-state index contributed by atoms with van der Waals surface area (Å²) in [7, 11) is 0. The van der Waals surface area contributed by atoms with Gasteiger partial charge in [-0.2, -0.15) is 0 Å². The van der Waals surface area contributed by atoms with E-state index in [9.17, 15) is 22.4 Å². The molecule has 2 saturated heterocycles. The number of anilines is 2. The van der Waals surface area contributed by atoms with Gasteiger partial charge in [0.2, 0.25) is 0 Å². The van der Waals surface area contributed by atoms with Crippen LogP contribution in [-0.2, 0) is 4.74 Å². The van der Waals surface area contributed by atoms with E-state index in [-0.39, 0.29) is 30.5 Å². The standard InChI is InChI=1S/C18H19F4N7O2S/c19-13-5-11(28-8-12(31-18(28)30)7-23-17(32)16(21)22)6-14(20)15(13)27-3-1-10(2-4-27)29-9-24-25-26-29/h5-6,9-10,12,16H,1-4,7-8H2,(H,23,32)/t12-/m0/s1. The van der Waals surface area contributed by atoms with Crippen molar-refractivity contribution in [1.82, 2.24) is 25.5 Å². The van der Waals surface area contributed by atoms with Gasteiger partial charge in [-0.3, -0.25) is 4.90 Å². The number of benzene rings is 1. The lowest BCUT2D eigenvalue weighted by molar-refractivity contribution is 0.142. The third-order valence-electron chi connectivity index (χ3n) is 5.41. The van der Waals surface area contributed by atoms with Crippen molar-refractivity contribution >= 4 is 34.7 Å².